The number of imidazole rings is 1. The van der Waals surface area contributed by atoms with Crippen molar-refractivity contribution < 1.29 is 14.2 Å². The number of hydrogen-bond donors (Lipinski definition) is 2. The Kier molecular flexibility index (Phi) is 7.64. The van der Waals surface area contributed by atoms with Crippen LogP contribution in [0.1, 0.15) is 43.0 Å². The van der Waals surface area contributed by atoms with E-state index in [0.717, 1.165) is 24.1 Å². The van der Waals surface area contributed by atoms with Gasteiger partial charge in [-0.05, 0) is 31.6 Å². The van der Waals surface area contributed by atoms with Gasteiger partial charge in [0.05, 0.1) is 43.9 Å². The monoisotopic (exact) mass is 402 g/mol. The van der Waals surface area contributed by atoms with Crippen molar-refractivity contribution in [3.8, 4) is 0 Å². The van der Waals surface area contributed by atoms with Crippen molar-refractivity contribution in [3.63, 3.8) is 0 Å². The molecule has 1 aromatic heterocycles. The van der Waals surface area contributed by atoms with E-state index in [0.29, 0.717) is 31.5 Å². The molecule has 1 aromatic carbocycles. The number of thioether (sulfide) groups is 1. The summed E-state index contributed by atoms with van der Waals surface area (Å²) in [6.45, 7) is 3.50. The average molecular weight is 403 g/mol. The van der Waals surface area contributed by atoms with E-state index in [1.165, 1.54) is 11.8 Å². The number of ether oxygens (including phenoxy) is 3. The minimum Gasteiger partial charge on any atom is -0.475 e. The number of aromatic nitrogens is 2. The van der Waals surface area contributed by atoms with E-state index in [4.69, 9.17) is 19.6 Å². The number of H-pyrrole nitrogens is 1. The molecule has 2 aromatic rings. The molecule has 7 nitrogen and oxygen atoms in total. The number of amidine groups is 1. The van der Waals surface area contributed by atoms with Crippen LogP contribution in [-0.4, -0.2) is 46.6 Å². The second kappa shape index (κ2) is 10.4. The molecule has 0 amide bonds. The van der Waals surface area contributed by atoms with Crippen LogP contribution in [0.3, 0.4) is 0 Å². The SMILES string of the molecule is CCOC(=NC(=N)SC)c1ncc(C2CCC(COCc3ccccc3)O2)[nH]1. The first kappa shape index (κ1) is 20.6. The highest BCUT2D eigenvalue weighted by atomic mass is 32.2. The lowest BCUT2D eigenvalue weighted by Gasteiger charge is -2.13. The first-order valence-electron chi connectivity index (χ1n) is 9.36. The molecular formula is C20H26N4O3S. The summed E-state index contributed by atoms with van der Waals surface area (Å²) in [5.74, 6) is 0.844. The molecule has 0 radical (unpaired) electrons. The van der Waals surface area contributed by atoms with E-state index in [1.54, 1.807) is 12.5 Å². The van der Waals surface area contributed by atoms with Crippen molar-refractivity contribution >= 4 is 22.8 Å². The summed E-state index contributed by atoms with van der Waals surface area (Å²) >= 11 is 1.25. The van der Waals surface area contributed by atoms with E-state index in [-0.39, 0.29) is 17.4 Å². The summed E-state index contributed by atoms with van der Waals surface area (Å²) in [4.78, 5) is 11.8. The van der Waals surface area contributed by atoms with E-state index in [1.807, 2.05) is 25.1 Å². The molecule has 1 aliphatic heterocycles. The molecule has 1 aliphatic rings. The normalized spacial score (nSPS) is 19.7. The summed E-state index contributed by atoms with van der Waals surface area (Å²) in [5.41, 5.74) is 2.05. The predicted octanol–water partition coefficient (Wildman–Crippen LogP) is 3.93. The van der Waals surface area contributed by atoms with Gasteiger partial charge in [0, 0.05) is 0 Å². The van der Waals surface area contributed by atoms with Crippen LogP contribution in [0.25, 0.3) is 0 Å². The van der Waals surface area contributed by atoms with Crippen LogP contribution in [0.4, 0.5) is 0 Å². The van der Waals surface area contributed by atoms with E-state index >= 15 is 0 Å². The zero-order valence-corrected chi connectivity index (χ0v) is 17.0. The molecule has 0 aliphatic carbocycles. The van der Waals surface area contributed by atoms with Gasteiger partial charge in [-0.15, -0.1) is 0 Å². The number of rotatable bonds is 7. The maximum absolute atomic E-state index is 7.74. The number of nitrogens with zero attached hydrogens (tertiary/aromatic N) is 2. The lowest BCUT2D eigenvalue weighted by Crippen LogP contribution is -2.15. The van der Waals surface area contributed by atoms with Gasteiger partial charge in [0.15, 0.2) is 11.0 Å². The number of aromatic amines is 1. The first-order valence-corrected chi connectivity index (χ1v) is 10.6. The molecule has 28 heavy (non-hydrogen) atoms. The maximum atomic E-state index is 7.74. The molecule has 8 heteroatoms. The highest BCUT2D eigenvalue weighted by Crippen LogP contribution is 2.32. The Labute approximate surface area is 169 Å². The molecule has 150 valence electrons. The third kappa shape index (κ3) is 5.67. The smallest absolute Gasteiger partial charge is 0.260 e. The second-order valence-corrected chi connectivity index (χ2v) is 7.17. The van der Waals surface area contributed by atoms with Crippen LogP contribution >= 0.6 is 11.8 Å². The fourth-order valence-corrected chi connectivity index (χ4v) is 3.15. The fraction of sp³-hybridized carbons (Fsp3) is 0.450. The molecule has 0 saturated carbocycles. The van der Waals surface area contributed by atoms with E-state index in [2.05, 4.69) is 27.1 Å². The topological polar surface area (TPSA) is 92.6 Å². The van der Waals surface area contributed by atoms with Crippen LogP contribution in [0.5, 0.6) is 0 Å². The molecule has 0 bridgehead atoms. The molecule has 2 N–H and O–H groups in total. The van der Waals surface area contributed by atoms with Crippen LogP contribution in [0.15, 0.2) is 41.5 Å². The van der Waals surface area contributed by atoms with Gasteiger partial charge in [-0.25, -0.2) is 4.98 Å². The zero-order chi connectivity index (χ0) is 19.8. The number of aliphatic imine (C=N–C) groups is 1. The Morgan fingerprint density at radius 3 is 2.93 bits per heavy atom. The third-order valence-corrected chi connectivity index (χ3v) is 4.82. The van der Waals surface area contributed by atoms with E-state index < -0.39 is 0 Å². The van der Waals surface area contributed by atoms with Crippen molar-refractivity contribution in [2.75, 3.05) is 19.5 Å². The summed E-state index contributed by atoms with van der Waals surface area (Å²) in [6.07, 6.45) is 5.43. The summed E-state index contributed by atoms with van der Waals surface area (Å²) < 4.78 is 17.5. The third-order valence-electron chi connectivity index (χ3n) is 4.35. The Balaban J connectivity index is 1.54. The summed E-state index contributed by atoms with van der Waals surface area (Å²) in [6, 6.07) is 10.1. The van der Waals surface area contributed by atoms with Gasteiger partial charge in [0.25, 0.3) is 5.90 Å². The molecule has 1 saturated heterocycles. The number of nitrogens with one attached hydrogen (secondary N) is 2. The molecule has 2 unspecified atom stereocenters. The molecule has 2 atom stereocenters. The van der Waals surface area contributed by atoms with Gasteiger partial charge in [0.1, 0.15) is 0 Å². The van der Waals surface area contributed by atoms with Gasteiger partial charge in [-0.3, -0.25) is 5.41 Å². The van der Waals surface area contributed by atoms with Gasteiger partial charge in [-0.2, -0.15) is 4.99 Å². The van der Waals surface area contributed by atoms with Gasteiger partial charge >= 0.3 is 0 Å². The highest BCUT2D eigenvalue weighted by molar-refractivity contribution is 8.13. The molecule has 1 fully saturated rings. The fourth-order valence-electron chi connectivity index (χ4n) is 2.98. The Morgan fingerprint density at radius 2 is 2.18 bits per heavy atom. The quantitative estimate of drug-likeness (QED) is 0.541. The van der Waals surface area contributed by atoms with Crippen molar-refractivity contribution in [2.24, 2.45) is 4.99 Å². The van der Waals surface area contributed by atoms with Crippen molar-refractivity contribution in [1.82, 2.24) is 9.97 Å². The maximum Gasteiger partial charge on any atom is 0.260 e. The van der Waals surface area contributed by atoms with Crippen molar-refractivity contribution in [3.05, 3.63) is 53.6 Å². The lowest BCUT2D eigenvalue weighted by molar-refractivity contribution is -0.0215. The first-order chi connectivity index (χ1) is 13.7. The van der Waals surface area contributed by atoms with Gasteiger partial charge in [-0.1, -0.05) is 42.1 Å². The van der Waals surface area contributed by atoms with Gasteiger partial charge < -0.3 is 19.2 Å². The number of benzene rings is 1. The van der Waals surface area contributed by atoms with Crippen LogP contribution < -0.4 is 0 Å². The zero-order valence-electron chi connectivity index (χ0n) is 16.2. The minimum absolute atomic E-state index is 0.0468. The second-order valence-electron chi connectivity index (χ2n) is 6.37. The highest BCUT2D eigenvalue weighted by Gasteiger charge is 2.28. The molecule has 2 heterocycles. The summed E-state index contributed by atoms with van der Waals surface area (Å²) in [7, 11) is 0. The lowest BCUT2D eigenvalue weighted by atomic mass is 10.1. The van der Waals surface area contributed by atoms with Crippen LogP contribution in [0.2, 0.25) is 0 Å². The summed E-state index contributed by atoms with van der Waals surface area (Å²) in [5, 5.41) is 7.91. The molecular weight excluding hydrogens is 376 g/mol. The van der Waals surface area contributed by atoms with Crippen LogP contribution in [-0.2, 0) is 20.8 Å². The Bertz CT molecular complexity index is 794. The Morgan fingerprint density at radius 1 is 1.36 bits per heavy atom. The van der Waals surface area contributed by atoms with Gasteiger partial charge in [0.2, 0.25) is 0 Å². The van der Waals surface area contributed by atoms with Crippen LogP contribution in [0, 0.1) is 5.41 Å². The average Bonchev–Trinajstić information content (AvgIpc) is 3.38. The number of hydrogen-bond acceptors (Lipinski definition) is 6. The van der Waals surface area contributed by atoms with E-state index in [9.17, 15) is 0 Å². The molecule has 3 rings (SSSR count). The predicted molar refractivity (Wildman–Crippen MR) is 111 cm³/mol. The minimum atomic E-state index is -0.0468. The standard InChI is InChI=1S/C20H26N4O3S/c1-3-26-19(24-20(21)28-2)18-22-11-16(23-18)17-10-9-15(27-17)13-25-12-14-7-5-4-6-8-14/h4-8,11,15,17,21H,3,9-10,12-13H2,1-2H3,(H,22,23). The Hall–Kier alpha value is -2.16. The largest absolute Gasteiger partial charge is 0.475 e. The van der Waals surface area contributed by atoms with Crippen molar-refractivity contribution in [2.45, 2.75) is 38.6 Å². The molecule has 0 spiro atoms. The van der Waals surface area contributed by atoms with Crippen molar-refractivity contribution in [1.29, 1.82) is 5.41 Å².